The van der Waals surface area contributed by atoms with Crippen LogP contribution in [-0.4, -0.2) is 26.6 Å². The summed E-state index contributed by atoms with van der Waals surface area (Å²) < 4.78 is 5.64. The highest BCUT2D eigenvalue weighted by atomic mass is 16.5. The van der Waals surface area contributed by atoms with Gasteiger partial charge in [-0.1, -0.05) is 29.8 Å². The molecule has 0 aliphatic carbocycles. The van der Waals surface area contributed by atoms with Crippen LogP contribution in [0.5, 0.6) is 5.75 Å². The Hall–Kier alpha value is -2.49. The summed E-state index contributed by atoms with van der Waals surface area (Å²) in [6, 6.07) is 15.7. The van der Waals surface area contributed by atoms with E-state index in [0.717, 1.165) is 17.1 Å². The van der Waals surface area contributed by atoms with Gasteiger partial charge in [-0.25, -0.2) is 0 Å². The van der Waals surface area contributed by atoms with Gasteiger partial charge in [-0.15, -0.1) is 0 Å². The summed E-state index contributed by atoms with van der Waals surface area (Å²) in [5.74, 6) is 0.848. The number of aryl methyl sites for hydroxylation is 1. The highest BCUT2D eigenvalue weighted by molar-refractivity contribution is 5.94. The van der Waals surface area contributed by atoms with E-state index in [-0.39, 0.29) is 5.91 Å². The minimum absolute atomic E-state index is 0.00630. The number of rotatable bonds is 7. The molecule has 0 atom stereocenters. The van der Waals surface area contributed by atoms with Crippen LogP contribution in [0.2, 0.25) is 0 Å². The van der Waals surface area contributed by atoms with Crippen molar-refractivity contribution in [2.45, 2.75) is 19.8 Å². The molecule has 122 valence electrons. The Morgan fingerprint density at radius 3 is 2.48 bits per heavy atom. The number of anilines is 2. The van der Waals surface area contributed by atoms with E-state index in [4.69, 9.17) is 4.74 Å². The molecule has 4 heteroatoms. The molecule has 1 N–H and O–H groups in total. The van der Waals surface area contributed by atoms with Gasteiger partial charge in [0.1, 0.15) is 5.75 Å². The first-order valence-electron chi connectivity index (χ1n) is 7.82. The fourth-order valence-electron chi connectivity index (χ4n) is 2.24. The zero-order valence-electron chi connectivity index (χ0n) is 14.0. The molecule has 23 heavy (non-hydrogen) atoms. The van der Waals surface area contributed by atoms with E-state index in [1.165, 1.54) is 5.56 Å². The first-order valence-corrected chi connectivity index (χ1v) is 7.82. The van der Waals surface area contributed by atoms with Crippen molar-refractivity contribution in [1.82, 2.24) is 0 Å². The quantitative estimate of drug-likeness (QED) is 0.789. The highest BCUT2D eigenvalue weighted by Crippen LogP contribution is 2.23. The standard InChI is InChI=1S/C19H24N2O2/c1-15-10-12-16(13-11-15)23-14-6-9-19(22)20-17-7-4-5-8-18(17)21(2)3/h4-5,7-8,10-13H,6,9,14H2,1-3H3,(H,20,22). The largest absolute Gasteiger partial charge is 0.494 e. The molecule has 0 bridgehead atoms. The van der Waals surface area contributed by atoms with Gasteiger partial charge < -0.3 is 15.0 Å². The Bertz CT molecular complexity index is 636. The molecule has 4 nitrogen and oxygen atoms in total. The van der Waals surface area contributed by atoms with Gasteiger partial charge >= 0.3 is 0 Å². The van der Waals surface area contributed by atoms with Gasteiger partial charge in [0.2, 0.25) is 5.91 Å². The predicted octanol–water partition coefficient (Wildman–Crippen LogP) is 3.86. The van der Waals surface area contributed by atoms with Crippen molar-refractivity contribution in [2.24, 2.45) is 0 Å². The number of hydrogen-bond acceptors (Lipinski definition) is 3. The molecule has 0 saturated carbocycles. The topological polar surface area (TPSA) is 41.6 Å². The van der Waals surface area contributed by atoms with Gasteiger partial charge in [0.05, 0.1) is 18.0 Å². The van der Waals surface area contributed by atoms with E-state index in [1.54, 1.807) is 0 Å². The minimum atomic E-state index is 0.00630. The molecule has 0 heterocycles. The average Bonchev–Trinajstić information content (AvgIpc) is 2.53. The Kier molecular flexibility index (Phi) is 6.03. The molecule has 0 radical (unpaired) electrons. The molecule has 0 saturated heterocycles. The zero-order chi connectivity index (χ0) is 16.7. The first-order chi connectivity index (χ1) is 11.1. The van der Waals surface area contributed by atoms with Crippen molar-refractivity contribution in [3.63, 3.8) is 0 Å². The summed E-state index contributed by atoms with van der Waals surface area (Å²) in [6.45, 7) is 2.57. The van der Waals surface area contributed by atoms with Crippen LogP contribution < -0.4 is 15.0 Å². The molecule has 2 rings (SSSR count). The molecule has 0 fully saturated rings. The van der Waals surface area contributed by atoms with Gasteiger partial charge in [-0.2, -0.15) is 0 Å². The minimum Gasteiger partial charge on any atom is -0.494 e. The second-order valence-electron chi connectivity index (χ2n) is 5.72. The van der Waals surface area contributed by atoms with Crippen molar-refractivity contribution < 1.29 is 9.53 Å². The van der Waals surface area contributed by atoms with E-state index in [1.807, 2.05) is 74.4 Å². The molecular formula is C19H24N2O2. The summed E-state index contributed by atoms with van der Waals surface area (Å²) in [4.78, 5) is 14.0. The van der Waals surface area contributed by atoms with Crippen LogP contribution >= 0.6 is 0 Å². The number of nitrogens with zero attached hydrogens (tertiary/aromatic N) is 1. The molecule has 2 aromatic carbocycles. The van der Waals surface area contributed by atoms with Crippen LogP contribution in [-0.2, 0) is 4.79 Å². The average molecular weight is 312 g/mol. The molecular weight excluding hydrogens is 288 g/mol. The van der Waals surface area contributed by atoms with Crippen LogP contribution in [0.3, 0.4) is 0 Å². The van der Waals surface area contributed by atoms with E-state index in [0.29, 0.717) is 19.4 Å². The van der Waals surface area contributed by atoms with Crippen molar-refractivity contribution in [2.75, 3.05) is 30.9 Å². The number of amides is 1. The van der Waals surface area contributed by atoms with Gasteiger partial charge in [0.15, 0.2) is 0 Å². The maximum Gasteiger partial charge on any atom is 0.224 e. The van der Waals surface area contributed by atoms with Crippen molar-refractivity contribution in [3.8, 4) is 5.75 Å². The first kappa shape index (κ1) is 16.9. The van der Waals surface area contributed by atoms with Crippen molar-refractivity contribution in [3.05, 3.63) is 54.1 Å². The number of nitrogens with one attached hydrogen (secondary N) is 1. The van der Waals surface area contributed by atoms with Crippen molar-refractivity contribution >= 4 is 17.3 Å². The fourth-order valence-corrected chi connectivity index (χ4v) is 2.24. The zero-order valence-corrected chi connectivity index (χ0v) is 14.0. The summed E-state index contributed by atoms with van der Waals surface area (Å²) in [5.41, 5.74) is 3.04. The maximum absolute atomic E-state index is 12.1. The number of carbonyl (C=O) groups excluding carboxylic acids is 1. The normalized spacial score (nSPS) is 10.2. The predicted molar refractivity (Wildman–Crippen MR) is 95.3 cm³/mol. The van der Waals surface area contributed by atoms with Crippen LogP contribution in [0.15, 0.2) is 48.5 Å². The third-order valence-corrected chi connectivity index (χ3v) is 3.50. The lowest BCUT2D eigenvalue weighted by Gasteiger charge is -2.17. The number of benzene rings is 2. The molecule has 1 amide bonds. The molecule has 2 aromatic rings. The molecule has 0 unspecified atom stereocenters. The van der Waals surface area contributed by atoms with Gasteiger partial charge in [-0.05, 0) is 37.6 Å². The van der Waals surface area contributed by atoms with Gasteiger partial charge in [-0.3, -0.25) is 4.79 Å². The van der Waals surface area contributed by atoms with Crippen LogP contribution in [0, 0.1) is 6.92 Å². The van der Waals surface area contributed by atoms with Gasteiger partial charge in [0, 0.05) is 20.5 Å². The smallest absolute Gasteiger partial charge is 0.224 e. The number of hydrogen-bond donors (Lipinski definition) is 1. The lowest BCUT2D eigenvalue weighted by Crippen LogP contribution is -2.17. The Morgan fingerprint density at radius 1 is 1.09 bits per heavy atom. The molecule has 0 aliphatic rings. The summed E-state index contributed by atoms with van der Waals surface area (Å²) >= 11 is 0. The van der Waals surface area contributed by atoms with Crippen LogP contribution in [0.1, 0.15) is 18.4 Å². The third kappa shape index (κ3) is 5.33. The SMILES string of the molecule is Cc1ccc(OCCCC(=O)Nc2ccccc2N(C)C)cc1. The summed E-state index contributed by atoms with van der Waals surface area (Å²) in [5, 5.41) is 2.96. The Morgan fingerprint density at radius 2 is 1.78 bits per heavy atom. The molecule has 0 aliphatic heterocycles. The van der Waals surface area contributed by atoms with E-state index < -0.39 is 0 Å². The number of ether oxygens (including phenoxy) is 1. The Labute approximate surface area is 138 Å². The van der Waals surface area contributed by atoms with Crippen LogP contribution in [0.25, 0.3) is 0 Å². The third-order valence-electron chi connectivity index (χ3n) is 3.50. The monoisotopic (exact) mass is 312 g/mol. The highest BCUT2D eigenvalue weighted by Gasteiger charge is 2.07. The maximum atomic E-state index is 12.1. The lowest BCUT2D eigenvalue weighted by molar-refractivity contribution is -0.116. The lowest BCUT2D eigenvalue weighted by atomic mass is 10.2. The van der Waals surface area contributed by atoms with E-state index in [9.17, 15) is 4.79 Å². The fraction of sp³-hybridized carbons (Fsp3) is 0.316. The number of carbonyl (C=O) groups is 1. The second-order valence-corrected chi connectivity index (χ2v) is 5.72. The van der Waals surface area contributed by atoms with Gasteiger partial charge in [0.25, 0.3) is 0 Å². The number of para-hydroxylation sites is 2. The summed E-state index contributed by atoms with van der Waals surface area (Å²) in [6.07, 6.45) is 1.12. The molecule has 0 aromatic heterocycles. The van der Waals surface area contributed by atoms with E-state index >= 15 is 0 Å². The summed E-state index contributed by atoms with van der Waals surface area (Å²) in [7, 11) is 3.92. The van der Waals surface area contributed by atoms with Crippen LogP contribution in [0.4, 0.5) is 11.4 Å². The molecule has 0 spiro atoms. The van der Waals surface area contributed by atoms with E-state index in [2.05, 4.69) is 5.32 Å². The second kappa shape index (κ2) is 8.22. The Balaban J connectivity index is 1.76. The van der Waals surface area contributed by atoms with Crippen molar-refractivity contribution in [1.29, 1.82) is 0 Å².